The monoisotopic (exact) mass is 474 g/mol. The topological polar surface area (TPSA) is 228 Å². The Morgan fingerprint density at radius 2 is 1.50 bits per heavy atom. The molecule has 13 nitrogen and oxygen atoms in total. The highest BCUT2D eigenvalue weighted by Crippen LogP contribution is 2.19. The van der Waals surface area contributed by atoms with Gasteiger partial charge in [-0.05, 0) is 25.7 Å². The molecule has 0 aliphatic carbocycles. The molecule has 1 fully saturated rings. The number of carboxylic acid groups (broad SMARTS) is 1. The van der Waals surface area contributed by atoms with Crippen molar-refractivity contribution in [1.29, 1.82) is 0 Å². The highest BCUT2D eigenvalue weighted by Gasteiger charge is 2.38. The van der Waals surface area contributed by atoms with Gasteiger partial charge < -0.3 is 37.8 Å². The van der Waals surface area contributed by atoms with Gasteiger partial charge >= 0.3 is 5.97 Å². The third-order valence-electron chi connectivity index (χ3n) is 4.96. The first-order valence-electron chi connectivity index (χ1n) is 10.0. The molecular formula is C18H30N6O7S. The molecule has 5 amide bonds. The maximum Gasteiger partial charge on any atom is 0.326 e. The van der Waals surface area contributed by atoms with Crippen LogP contribution in [-0.2, 0) is 28.8 Å². The summed E-state index contributed by atoms with van der Waals surface area (Å²) >= 11 is 3.92. The summed E-state index contributed by atoms with van der Waals surface area (Å²) in [6.45, 7) is 0.178. The molecule has 1 rings (SSSR count). The average molecular weight is 475 g/mol. The standard InChI is InChI=1S/C18H30N6O7S/c19-9(8-32)15(27)22-10(3-5-13(20)25)16(28)23-11(4-6-14(21)26)17(29)24-7-1-2-12(24)18(30)31/h9-12,32H,1-8,19H2,(H2,20,25)(H2,21,26)(H,22,27)(H,23,28)(H,30,31). The number of carbonyl (C=O) groups excluding carboxylic acids is 5. The summed E-state index contributed by atoms with van der Waals surface area (Å²) < 4.78 is 0. The lowest BCUT2D eigenvalue weighted by atomic mass is 10.1. The van der Waals surface area contributed by atoms with E-state index in [0.29, 0.717) is 6.42 Å². The summed E-state index contributed by atoms with van der Waals surface area (Å²) in [6.07, 6.45) is -0.0823. The Hall–Kier alpha value is -2.87. The van der Waals surface area contributed by atoms with Crippen LogP contribution in [0.2, 0.25) is 0 Å². The van der Waals surface area contributed by atoms with Crippen LogP contribution in [0.25, 0.3) is 0 Å². The Morgan fingerprint density at radius 3 is 2.00 bits per heavy atom. The first kappa shape index (κ1) is 27.2. The number of aliphatic carboxylic acids is 1. The lowest BCUT2D eigenvalue weighted by Crippen LogP contribution is -2.57. The van der Waals surface area contributed by atoms with Crippen LogP contribution in [0, 0.1) is 0 Å². The predicted octanol–water partition coefficient (Wildman–Crippen LogP) is -3.18. The maximum atomic E-state index is 13.0. The van der Waals surface area contributed by atoms with Gasteiger partial charge in [0.25, 0.3) is 0 Å². The number of carbonyl (C=O) groups is 6. The molecule has 0 aromatic heterocycles. The first-order chi connectivity index (χ1) is 15.0. The Labute approximate surface area is 190 Å². The number of amides is 5. The van der Waals surface area contributed by atoms with Crippen LogP contribution in [0.3, 0.4) is 0 Å². The lowest BCUT2D eigenvalue weighted by Gasteiger charge is -2.28. The van der Waals surface area contributed by atoms with E-state index < -0.39 is 59.7 Å². The number of rotatable bonds is 13. The molecule has 0 radical (unpaired) electrons. The van der Waals surface area contributed by atoms with Gasteiger partial charge in [0.2, 0.25) is 29.5 Å². The van der Waals surface area contributed by atoms with Crippen molar-refractivity contribution in [3.63, 3.8) is 0 Å². The predicted molar refractivity (Wildman–Crippen MR) is 115 cm³/mol. The molecule has 0 spiro atoms. The molecule has 1 saturated heterocycles. The average Bonchev–Trinajstić information content (AvgIpc) is 3.22. The van der Waals surface area contributed by atoms with Crippen LogP contribution < -0.4 is 27.8 Å². The second-order valence-electron chi connectivity index (χ2n) is 7.45. The highest BCUT2D eigenvalue weighted by atomic mass is 32.1. The van der Waals surface area contributed by atoms with Gasteiger partial charge in [0.15, 0.2) is 0 Å². The van der Waals surface area contributed by atoms with Crippen molar-refractivity contribution in [3.05, 3.63) is 0 Å². The first-order valence-corrected chi connectivity index (χ1v) is 10.7. The SMILES string of the molecule is NC(=O)CCC(NC(=O)C(N)CS)C(=O)NC(CCC(N)=O)C(=O)N1CCCC1C(=O)O. The van der Waals surface area contributed by atoms with Crippen molar-refractivity contribution in [2.24, 2.45) is 17.2 Å². The minimum Gasteiger partial charge on any atom is -0.480 e. The van der Waals surface area contributed by atoms with Crippen LogP contribution in [0.5, 0.6) is 0 Å². The van der Waals surface area contributed by atoms with E-state index in [0.717, 1.165) is 4.90 Å². The zero-order chi connectivity index (χ0) is 24.4. The maximum absolute atomic E-state index is 13.0. The summed E-state index contributed by atoms with van der Waals surface area (Å²) in [5.41, 5.74) is 15.9. The molecule has 4 unspecified atom stereocenters. The molecule has 0 bridgehead atoms. The van der Waals surface area contributed by atoms with E-state index in [1.54, 1.807) is 0 Å². The van der Waals surface area contributed by atoms with E-state index in [1.807, 2.05) is 0 Å². The van der Waals surface area contributed by atoms with Crippen LogP contribution in [0.1, 0.15) is 38.5 Å². The summed E-state index contributed by atoms with van der Waals surface area (Å²) in [4.78, 5) is 72.9. The number of thiol groups is 1. The summed E-state index contributed by atoms with van der Waals surface area (Å²) in [5.74, 6) is -4.80. The molecular weight excluding hydrogens is 444 g/mol. The van der Waals surface area contributed by atoms with Crippen molar-refractivity contribution in [2.45, 2.75) is 62.7 Å². The van der Waals surface area contributed by atoms with Gasteiger partial charge in [-0.1, -0.05) is 0 Å². The summed E-state index contributed by atoms with van der Waals surface area (Å²) in [5, 5.41) is 14.2. The molecule has 0 aromatic carbocycles. The van der Waals surface area contributed by atoms with Crippen molar-refractivity contribution in [1.82, 2.24) is 15.5 Å². The Kier molecular flexibility index (Phi) is 10.9. The lowest BCUT2D eigenvalue weighted by molar-refractivity contribution is -0.149. The van der Waals surface area contributed by atoms with E-state index in [1.165, 1.54) is 0 Å². The largest absolute Gasteiger partial charge is 0.480 e. The number of hydrogen-bond acceptors (Lipinski definition) is 8. The van der Waals surface area contributed by atoms with Gasteiger partial charge in [0.1, 0.15) is 18.1 Å². The van der Waals surface area contributed by atoms with Gasteiger partial charge in [-0.3, -0.25) is 24.0 Å². The highest BCUT2D eigenvalue weighted by molar-refractivity contribution is 7.80. The number of nitrogens with one attached hydrogen (secondary N) is 2. The zero-order valence-electron chi connectivity index (χ0n) is 17.5. The number of primary amides is 2. The van der Waals surface area contributed by atoms with Crippen LogP contribution in [0.4, 0.5) is 0 Å². The van der Waals surface area contributed by atoms with Gasteiger partial charge in [0.05, 0.1) is 6.04 Å². The summed E-state index contributed by atoms with van der Waals surface area (Å²) in [6, 6.07) is -4.58. The molecule has 4 atom stereocenters. The minimum absolute atomic E-state index is 0.00124. The minimum atomic E-state index is -1.26. The van der Waals surface area contributed by atoms with Gasteiger partial charge in [-0.15, -0.1) is 0 Å². The van der Waals surface area contributed by atoms with Gasteiger partial charge in [-0.2, -0.15) is 12.6 Å². The smallest absolute Gasteiger partial charge is 0.326 e. The zero-order valence-corrected chi connectivity index (χ0v) is 18.4. The number of hydrogen-bond donors (Lipinski definition) is 7. The third kappa shape index (κ3) is 8.34. The number of likely N-dealkylation sites (tertiary alicyclic amines) is 1. The fourth-order valence-corrected chi connectivity index (χ4v) is 3.39. The molecule has 0 aromatic rings. The van der Waals surface area contributed by atoms with E-state index >= 15 is 0 Å². The fourth-order valence-electron chi connectivity index (χ4n) is 3.22. The van der Waals surface area contributed by atoms with E-state index in [2.05, 4.69) is 23.3 Å². The van der Waals surface area contributed by atoms with E-state index in [9.17, 15) is 33.9 Å². The van der Waals surface area contributed by atoms with Crippen molar-refractivity contribution < 1.29 is 33.9 Å². The number of nitrogens with zero attached hydrogens (tertiary/aromatic N) is 1. The Morgan fingerprint density at radius 1 is 0.969 bits per heavy atom. The van der Waals surface area contributed by atoms with E-state index in [4.69, 9.17) is 17.2 Å². The second-order valence-corrected chi connectivity index (χ2v) is 7.81. The molecule has 32 heavy (non-hydrogen) atoms. The Bertz CT molecular complexity index is 749. The molecule has 180 valence electrons. The molecule has 1 aliphatic heterocycles. The quantitative estimate of drug-likeness (QED) is 0.134. The van der Waals surface area contributed by atoms with Gasteiger partial charge in [-0.25, -0.2) is 4.79 Å². The number of nitrogens with two attached hydrogens (primary N) is 3. The van der Waals surface area contributed by atoms with Crippen molar-refractivity contribution in [3.8, 4) is 0 Å². The fraction of sp³-hybridized carbons (Fsp3) is 0.667. The van der Waals surface area contributed by atoms with Crippen molar-refractivity contribution in [2.75, 3.05) is 12.3 Å². The molecule has 9 N–H and O–H groups in total. The summed E-state index contributed by atoms with van der Waals surface area (Å²) in [7, 11) is 0. The van der Waals surface area contributed by atoms with Gasteiger partial charge in [0, 0.05) is 25.1 Å². The normalized spacial score (nSPS) is 18.3. The molecule has 14 heteroatoms. The van der Waals surface area contributed by atoms with Crippen LogP contribution >= 0.6 is 12.6 Å². The van der Waals surface area contributed by atoms with Crippen LogP contribution in [-0.4, -0.2) is 82.0 Å². The van der Waals surface area contributed by atoms with E-state index in [-0.39, 0.29) is 44.4 Å². The van der Waals surface area contributed by atoms with Crippen LogP contribution in [0.15, 0.2) is 0 Å². The molecule has 1 heterocycles. The molecule has 1 aliphatic rings. The second kappa shape index (κ2) is 12.9. The molecule has 0 saturated carbocycles. The Balaban J connectivity index is 3.03. The van der Waals surface area contributed by atoms with Crippen molar-refractivity contribution >= 4 is 48.1 Å². The third-order valence-corrected chi connectivity index (χ3v) is 5.35. The number of carboxylic acids is 1.